The quantitative estimate of drug-likeness (QED) is 0.364. The molecule has 0 radical (unpaired) electrons. The van der Waals surface area contributed by atoms with Crippen LogP contribution in [-0.4, -0.2) is 54.2 Å². The van der Waals surface area contributed by atoms with Crippen molar-refractivity contribution in [3.63, 3.8) is 0 Å². The van der Waals surface area contributed by atoms with Crippen molar-refractivity contribution in [3.05, 3.63) is 0 Å². The monoisotopic (exact) mass is 222 g/mol. The molecule has 0 bridgehead atoms. The van der Waals surface area contributed by atoms with Crippen molar-refractivity contribution in [1.82, 2.24) is 0 Å². The van der Waals surface area contributed by atoms with Crippen LogP contribution in [0.1, 0.15) is 12.8 Å². The van der Waals surface area contributed by atoms with E-state index in [1.54, 1.807) is 14.2 Å². The Labute approximate surface area is 91.6 Å². The maximum absolute atomic E-state index is 5.16. The summed E-state index contributed by atoms with van der Waals surface area (Å²) in [5.74, 6) is 0. The SMILES string of the molecule is COCCCOCOCOCCCOC. The molecule has 0 aliphatic heterocycles. The molecule has 0 rings (SSSR count). The standard InChI is InChI=1S/C10H22O5/c1-11-5-3-7-13-9-15-10-14-8-4-6-12-2/h3-10H2,1-2H3. The lowest BCUT2D eigenvalue weighted by molar-refractivity contribution is -0.133. The van der Waals surface area contributed by atoms with E-state index >= 15 is 0 Å². The van der Waals surface area contributed by atoms with E-state index in [0.717, 1.165) is 12.8 Å². The molecule has 0 saturated heterocycles. The fourth-order valence-electron chi connectivity index (χ4n) is 0.880. The zero-order chi connectivity index (χ0) is 11.2. The molecule has 0 fully saturated rings. The van der Waals surface area contributed by atoms with Gasteiger partial charge in [0.25, 0.3) is 0 Å². The third-order valence-electron chi connectivity index (χ3n) is 1.61. The summed E-state index contributed by atoms with van der Waals surface area (Å²) in [4.78, 5) is 0. The van der Waals surface area contributed by atoms with Crippen LogP contribution in [0.5, 0.6) is 0 Å². The van der Waals surface area contributed by atoms with Crippen LogP contribution in [0.15, 0.2) is 0 Å². The second-order valence-electron chi connectivity index (χ2n) is 2.95. The number of methoxy groups -OCH3 is 2. The van der Waals surface area contributed by atoms with E-state index in [4.69, 9.17) is 23.7 Å². The van der Waals surface area contributed by atoms with Crippen molar-refractivity contribution in [2.45, 2.75) is 12.8 Å². The fourth-order valence-corrected chi connectivity index (χ4v) is 0.880. The van der Waals surface area contributed by atoms with E-state index in [2.05, 4.69) is 0 Å². The number of rotatable bonds is 12. The first-order chi connectivity index (χ1) is 7.41. The molecule has 0 aromatic heterocycles. The van der Waals surface area contributed by atoms with Crippen LogP contribution in [0.2, 0.25) is 0 Å². The highest BCUT2D eigenvalue weighted by atomic mass is 16.7. The highest BCUT2D eigenvalue weighted by Crippen LogP contribution is 1.87. The van der Waals surface area contributed by atoms with Gasteiger partial charge in [0.1, 0.15) is 13.6 Å². The van der Waals surface area contributed by atoms with Gasteiger partial charge in [-0.1, -0.05) is 0 Å². The maximum Gasteiger partial charge on any atom is 0.149 e. The van der Waals surface area contributed by atoms with Gasteiger partial charge in [-0.05, 0) is 12.8 Å². The summed E-state index contributed by atoms with van der Waals surface area (Å²) >= 11 is 0. The first-order valence-corrected chi connectivity index (χ1v) is 5.13. The van der Waals surface area contributed by atoms with Gasteiger partial charge in [0.05, 0.1) is 13.2 Å². The molecule has 0 N–H and O–H groups in total. The molecule has 5 nitrogen and oxygen atoms in total. The molecule has 0 aliphatic rings. The van der Waals surface area contributed by atoms with E-state index < -0.39 is 0 Å². The molecular formula is C10H22O5. The molecular weight excluding hydrogens is 200 g/mol. The Kier molecular flexibility index (Phi) is 13.6. The fraction of sp³-hybridized carbons (Fsp3) is 1.00. The Morgan fingerprint density at radius 2 is 1.07 bits per heavy atom. The zero-order valence-electron chi connectivity index (χ0n) is 9.70. The topological polar surface area (TPSA) is 46.2 Å². The normalized spacial score (nSPS) is 10.8. The first-order valence-electron chi connectivity index (χ1n) is 5.13. The third-order valence-corrected chi connectivity index (χ3v) is 1.61. The van der Waals surface area contributed by atoms with Gasteiger partial charge in [-0.2, -0.15) is 0 Å². The molecule has 0 amide bonds. The van der Waals surface area contributed by atoms with Crippen LogP contribution in [0.25, 0.3) is 0 Å². The lowest BCUT2D eigenvalue weighted by Crippen LogP contribution is -2.08. The van der Waals surface area contributed by atoms with Crippen molar-refractivity contribution in [3.8, 4) is 0 Å². The van der Waals surface area contributed by atoms with Crippen molar-refractivity contribution in [1.29, 1.82) is 0 Å². The average molecular weight is 222 g/mol. The summed E-state index contributed by atoms with van der Waals surface area (Å²) in [6, 6.07) is 0. The van der Waals surface area contributed by atoms with Gasteiger partial charge in [-0.25, -0.2) is 0 Å². The lowest BCUT2D eigenvalue weighted by Gasteiger charge is -2.06. The molecule has 0 saturated carbocycles. The second kappa shape index (κ2) is 13.8. The van der Waals surface area contributed by atoms with Crippen molar-refractivity contribution < 1.29 is 23.7 Å². The summed E-state index contributed by atoms with van der Waals surface area (Å²) < 4.78 is 25.1. The van der Waals surface area contributed by atoms with Gasteiger partial charge in [0.2, 0.25) is 0 Å². The smallest absolute Gasteiger partial charge is 0.149 e. The van der Waals surface area contributed by atoms with Crippen LogP contribution >= 0.6 is 0 Å². The highest BCUT2D eigenvalue weighted by Gasteiger charge is 1.90. The van der Waals surface area contributed by atoms with Crippen molar-refractivity contribution in [2.24, 2.45) is 0 Å². The van der Waals surface area contributed by atoms with Gasteiger partial charge in [-0.3, -0.25) is 0 Å². The summed E-state index contributed by atoms with van der Waals surface area (Å²) in [6.07, 6.45) is 1.77. The highest BCUT2D eigenvalue weighted by molar-refractivity contribution is 4.31. The van der Waals surface area contributed by atoms with Gasteiger partial charge in [-0.15, -0.1) is 0 Å². The lowest BCUT2D eigenvalue weighted by atomic mass is 10.5. The van der Waals surface area contributed by atoms with E-state index in [-0.39, 0.29) is 13.6 Å². The Hall–Kier alpha value is -0.200. The number of ether oxygens (including phenoxy) is 5. The Bertz CT molecular complexity index is 98.0. The molecule has 0 spiro atoms. The molecule has 0 atom stereocenters. The molecule has 5 heteroatoms. The van der Waals surface area contributed by atoms with E-state index in [1.807, 2.05) is 0 Å². The molecule has 0 heterocycles. The minimum atomic E-state index is 0.272. The Morgan fingerprint density at radius 3 is 1.47 bits per heavy atom. The predicted octanol–water partition coefficient (Wildman–Crippen LogP) is 1.02. The summed E-state index contributed by atoms with van der Waals surface area (Å²) in [5, 5.41) is 0. The Balaban J connectivity index is 2.81. The van der Waals surface area contributed by atoms with E-state index in [1.165, 1.54) is 0 Å². The zero-order valence-corrected chi connectivity index (χ0v) is 9.70. The average Bonchev–Trinajstić information content (AvgIpc) is 2.26. The molecule has 0 aromatic carbocycles. The van der Waals surface area contributed by atoms with Crippen LogP contribution in [0.3, 0.4) is 0 Å². The Morgan fingerprint density at radius 1 is 0.600 bits per heavy atom. The molecule has 0 aromatic rings. The molecule has 0 unspecified atom stereocenters. The third kappa shape index (κ3) is 13.8. The van der Waals surface area contributed by atoms with Crippen LogP contribution < -0.4 is 0 Å². The number of hydrogen-bond acceptors (Lipinski definition) is 5. The predicted molar refractivity (Wildman–Crippen MR) is 55.7 cm³/mol. The van der Waals surface area contributed by atoms with Gasteiger partial charge >= 0.3 is 0 Å². The van der Waals surface area contributed by atoms with Gasteiger partial charge in [0.15, 0.2) is 0 Å². The summed E-state index contributed by atoms with van der Waals surface area (Å²) in [7, 11) is 3.34. The van der Waals surface area contributed by atoms with E-state index in [0.29, 0.717) is 26.4 Å². The first kappa shape index (κ1) is 14.8. The van der Waals surface area contributed by atoms with Crippen LogP contribution in [0.4, 0.5) is 0 Å². The van der Waals surface area contributed by atoms with E-state index in [9.17, 15) is 0 Å². The largest absolute Gasteiger partial charge is 0.385 e. The van der Waals surface area contributed by atoms with Gasteiger partial charge < -0.3 is 23.7 Å². The molecule has 0 aliphatic carbocycles. The van der Waals surface area contributed by atoms with Crippen molar-refractivity contribution in [2.75, 3.05) is 54.2 Å². The second-order valence-corrected chi connectivity index (χ2v) is 2.95. The molecule has 15 heavy (non-hydrogen) atoms. The summed E-state index contributed by atoms with van der Waals surface area (Å²) in [5.41, 5.74) is 0. The summed E-state index contributed by atoms with van der Waals surface area (Å²) in [6.45, 7) is 3.28. The van der Waals surface area contributed by atoms with Crippen LogP contribution in [0, 0.1) is 0 Å². The minimum absolute atomic E-state index is 0.272. The number of hydrogen-bond donors (Lipinski definition) is 0. The van der Waals surface area contributed by atoms with Crippen LogP contribution in [-0.2, 0) is 23.7 Å². The van der Waals surface area contributed by atoms with Gasteiger partial charge in [0, 0.05) is 27.4 Å². The van der Waals surface area contributed by atoms with Crippen molar-refractivity contribution >= 4 is 0 Å². The minimum Gasteiger partial charge on any atom is -0.385 e. The maximum atomic E-state index is 5.16. The molecule has 92 valence electrons.